The molecule has 12 heteroatoms. The zero-order chi connectivity index (χ0) is 34.3. The molecule has 3 aromatic carbocycles. The van der Waals surface area contributed by atoms with E-state index in [1.54, 1.807) is 0 Å². The molecule has 2 bridgehead atoms. The fourth-order valence-electron chi connectivity index (χ4n) is 6.03. The Balaban J connectivity index is 1.33. The van der Waals surface area contributed by atoms with Crippen LogP contribution in [0.25, 0.3) is 0 Å². The van der Waals surface area contributed by atoms with E-state index in [0.29, 0.717) is 13.3 Å². The summed E-state index contributed by atoms with van der Waals surface area (Å²) < 4.78 is 78.1. The molecular weight excluding hydrogens is 633 g/mol. The third kappa shape index (κ3) is 7.02. The van der Waals surface area contributed by atoms with Gasteiger partial charge in [0.25, 0.3) is 5.91 Å². The fourth-order valence-corrected chi connectivity index (χ4v) is 6.99. The summed E-state index contributed by atoms with van der Waals surface area (Å²) >= 11 is 0. The highest BCUT2D eigenvalue weighted by molar-refractivity contribution is 7.92. The van der Waals surface area contributed by atoms with E-state index in [2.05, 4.69) is 31.4 Å². The summed E-state index contributed by atoms with van der Waals surface area (Å²) in [6.45, 7) is 6.66. The van der Waals surface area contributed by atoms with Crippen LogP contribution < -0.4 is 20.1 Å². The normalized spacial score (nSPS) is 20.6. The Labute approximate surface area is 272 Å². The molecule has 0 unspecified atom stereocenters. The van der Waals surface area contributed by atoms with E-state index in [0.717, 1.165) is 29.3 Å². The molecular formula is C35H37F3N2O6S. The van der Waals surface area contributed by atoms with Gasteiger partial charge in [-0.3, -0.25) is 9.59 Å². The van der Waals surface area contributed by atoms with E-state index in [1.807, 2.05) is 36.4 Å². The van der Waals surface area contributed by atoms with Gasteiger partial charge in [0.1, 0.15) is 12.4 Å². The third-order valence-electron chi connectivity index (χ3n) is 8.66. The maximum Gasteiger partial charge on any atom is 0.347 e. The first-order chi connectivity index (χ1) is 22.0. The summed E-state index contributed by atoms with van der Waals surface area (Å²) in [4.78, 5) is 26.5. The summed E-state index contributed by atoms with van der Waals surface area (Å²) in [5, 5.41) is 1.53. The van der Waals surface area contributed by atoms with E-state index >= 15 is 0 Å². The second-order valence-corrected chi connectivity index (χ2v) is 15.2. The molecule has 0 radical (unpaired) electrons. The molecule has 47 heavy (non-hydrogen) atoms. The van der Waals surface area contributed by atoms with Gasteiger partial charge in [-0.2, -0.15) is 8.78 Å². The van der Waals surface area contributed by atoms with Crippen molar-refractivity contribution < 1.29 is 40.7 Å². The van der Waals surface area contributed by atoms with Crippen LogP contribution in [0.4, 0.5) is 18.9 Å². The predicted octanol–water partition coefficient (Wildman–Crippen LogP) is 6.66. The molecule has 0 saturated heterocycles. The molecule has 8 nitrogen and oxygen atoms in total. The number of carbonyl (C=O) groups is 2. The number of amides is 2. The molecule has 0 aromatic heterocycles. The lowest BCUT2D eigenvalue weighted by atomic mass is 9.87. The lowest BCUT2D eigenvalue weighted by Crippen LogP contribution is -2.47. The Kier molecular flexibility index (Phi) is 9.20. The first-order valence-electron chi connectivity index (χ1n) is 15.1. The van der Waals surface area contributed by atoms with Crippen molar-refractivity contribution in [3.05, 3.63) is 95.3 Å². The van der Waals surface area contributed by atoms with Gasteiger partial charge in [0.05, 0.1) is 23.5 Å². The van der Waals surface area contributed by atoms with Gasteiger partial charge >= 0.3 is 5.25 Å². The van der Waals surface area contributed by atoms with Gasteiger partial charge in [-0.1, -0.05) is 63.3 Å². The minimum atomic E-state index is -4.96. The van der Waals surface area contributed by atoms with Gasteiger partial charge in [-0.25, -0.2) is 12.8 Å². The van der Waals surface area contributed by atoms with Crippen LogP contribution >= 0.6 is 0 Å². The summed E-state index contributed by atoms with van der Waals surface area (Å²) in [5.41, 5.74) is 1.96. The number of hydrogen-bond donors (Lipinski definition) is 2. The number of allylic oxidation sites excluding steroid dienone is 1. The predicted molar refractivity (Wildman–Crippen MR) is 171 cm³/mol. The number of rotatable bonds is 10. The van der Waals surface area contributed by atoms with Crippen LogP contribution in [0.5, 0.6) is 11.5 Å². The minimum absolute atomic E-state index is 0.0105. The number of anilines is 1. The zero-order valence-corrected chi connectivity index (χ0v) is 27.5. The number of ether oxygens (including phenoxy) is 2. The molecule has 0 heterocycles. The fraction of sp³-hybridized carbons (Fsp3) is 0.371. The monoisotopic (exact) mass is 670 g/mol. The average Bonchev–Trinajstić information content (AvgIpc) is 3.61. The first-order valence-corrected chi connectivity index (χ1v) is 16.6. The minimum Gasteiger partial charge on any atom is -0.496 e. The Bertz CT molecular complexity index is 1810. The maximum absolute atomic E-state index is 15.0. The van der Waals surface area contributed by atoms with Gasteiger partial charge in [0, 0.05) is 24.7 Å². The van der Waals surface area contributed by atoms with Crippen molar-refractivity contribution in [1.29, 1.82) is 0 Å². The second kappa shape index (κ2) is 12.7. The standard InChI is InChI=1S/C35H37F3N2O6S/c1-34(2,3)23-13-9-20(10-14-23)19-46-29-17-26(28(45-5)18-27(29)36)32(41)40-31-22-12-11-21(15-22)30(31)33(42)39-24-7-6-8-25(16-24)47(43,44)35(4,37)38/h6-14,16-18,21-22,30-31H,15,19H2,1-5H3,(H,39,42)(H,40,41)/t21-,22+,30+,31-/m1/s1. The van der Waals surface area contributed by atoms with E-state index in [-0.39, 0.29) is 46.6 Å². The van der Waals surface area contributed by atoms with Crippen molar-refractivity contribution in [3.8, 4) is 11.5 Å². The molecule has 4 atom stereocenters. The molecule has 1 fully saturated rings. The Morgan fingerprint density at radius 3 is 2.26 bits per heavy atom. The highest BCUT2D eigenvalue weighted by Gasteiger charge is 2.49. The number of hydrogen-bond acceptors (Lipinski definition) is 6. The molecule has 0 spiro atoms. The largest absolute Gasteiger partial charge is 0.496 e. The van der Waals surface area contributed by atoms with Crippen molar-refractivity contribution in [1.82, 2.24) is 5.32 Å². The summed E-state index contributed by atoms with van der Waals surface area (Å²) in [7, 11) is -3.65. The molecule has 0 aliphatic heterocycles. The Morgan fingerprint density at radius 2 is 1.62 bits per heavy atom. The first kappa shape index (κ1) is 34.0. The van der Waals surface area contributed by atoms with Gasteiger partial charge in [0.15, 0.2) is 11.6 Å². The van der Waals surface area contributed by atoms with Crippen molar-refractivity contribution in [2.75, 3.05) is 12.4 Å². The van der Waals surface area contributed by atoms with Crippen molar-refractivity contribution in [2.45, 2.75) is 62.3 Å². The number of carbonyl (C=O) groups excluding carboxylic acids is 2. The smallest absolute Gasteiger partial charge is 0.347 e. The van der Waals surface area contributed by atoms with Crippen LogP contribution in [0.3, 0.4) is 0 Å². The van der Waals surface area contributed by atoms with Gasteiger partial charge < -0.3 is 20.1 Å². The topological polar surface area (TPSA) is 111 Å². The lowest BCUT2D eigenvalue weighted by molar-refractivity contribution is -0.121. The van der Waals surface area contributed by atoms with Crippen LogP contribution in [-0.2, 0) is 26.7 Å². The third-order valence-corrected chi connectivity index (χ3v) is 10.5. The molecule has 2 N–H and O–H groups in total. The number of nitrogens with one attached hydrogen (secondary N) is 2. The van der Waals surface area contributed by atoms with E-state index in [4.69, 9.17) is 9.47 Å². The summed E-state index contributed by atoms with van der Waals surface area (Å²) in [6, 6.07) is 14.1. The van der Waals surface area contributed by atoms with Gasteiger partial charge in [-0.05, 0) is 59.1 Å². The quantitative estimate of drug-likeness (QED) is 0.234. The Morgan fingerprint density at radius 1 is 0.936 bits per heavy atom. The highest BCUT2D eigenvalue weighted by atomic mass is 32.2. The molecule has 3 aromatic rings. The van der Waals surface area contributed by atoms with Crippen LogP contribution in [0.1, 0.15) is 55.6 Å². The van der Waals surface area contributed by atoms with E-state index in [9.17, 15) is 31.2 Å². The highest BCUT2D eigenvalue weighted by Crippen LogP contribution is 2.45. The van der Waals surface area contributed by atoms with Crippen LogP contribution in [0, 0.1) is 23.6 Å². The molecule has 250 valence electrons. The number of halogens is 3. The van der Waals surface area contributed by atoms with Crippen LogP contribution in [0.15, 0.2) is 77.7 Å². The van der Waals surface area contributed by atoms with Crippen molar-refractivity contribution in [2.24, 2.45) is 17.8 Å². The SMILES string of the molecule is COc1cc(F)c(OCc2ccc(C(C)(C)C)cc2)cc1C(=O)N[C@H]1[C@@H](C(=O)Nc2cccc(S(=O)(=O)C(C)(F)F)c2)[C@@H]2C=C[C@H]1C2. The number of benzene rings is 3. The average molecular weight is 671 g/mol. The molecule has 5 rings (SSSR count). The van der Waals surface area contributed by atoms with E-state index < -0.39 is 49.6 Å². The Hall–Kier alpha value is -4.32. The lowest BCUT2D eigenvalue weighted by Gasteiger charge is -2.28. The molecule has 2 amide bonds. The van der Waals surface area contributed by atoms with Gasteiger partial charge in [-0.15, -0.1) is 0 Å². The maximum atomic E-state index is 15.0. The van der Waals surface area contributed by atoms with E-state index in [1.165, 1.54) is 25.3 Å². The van der Waals surface area contributed by atoms with Crippen molar-refractivity contribution >= 4 is 27.3 Å². The second-order valence-electron chi connectivity index (χ2n) is 13.0. The number of methoxy groups -OCH3 is 1. The number of alkyl halides is 2. The summed E-state index contributed by atoms with van der Waals surface area (Å²) in [6.07, 6.45) is 4.38. The van der Waals surface area contributed by atoms with Crippen molar-refractivity contribution in [3.63, 3.8) is 0 Å². The number of sulfone groups is 1. The molecule has 2 aliphatic rings. The molecule has 1 saturated carbocycles. The molecule has 2 aliphatic carbocycles. The summed E-state index contributed by atoms with van der Waals surface area (Å²) in [5.74, 6) is -3.16. The van der Waals surface area contributed by atoms with Gasteiger partial charge in [0.2, 0.25) is 15.7 Å². The van der Waals surface area contributed by atoms with Crippen LogP contribution in [0.2, 0.25) is 0 Å². The number of fused-ring (bicyclic) bond motifs is 2. The van der Waals surface area contributed by atoms with Crippen LogP contribution in [-0.4, -0.2) is 38.6 Å². The zero-order valence-electron chi connectivity index (χ0n) is 26.6.